The minimum absolute atomic E-state index is 0.0328. The number of carbonyl (C=O) groups excluding carboxylic acids is 2. The van der Waals surface area contributed by atoms with E-state index in [0.29, 0.717) is 13.1 Å². The number of hydrogen-bond donors (Lipinski definition) is 1. The molecule has 1 N–H and O–H groups in total. The Balaban J connectivity index is 2.54. The SMILES string of the molecule is CCCNC(=O)C(C)N1CCCC(Br)C1=O. The van der Waals surface area contributed by atoms with Crippen molar-refractivity contribution < 1.29 is 9.59 Å². The summed E-state index contributed by atoms with van der Waals surface area (Å²) in [6.45, 7) is 5.14. The van der Waals surface area contributed by atoms with Gasteiger partial charge in [-0.2, -0.15) is 0 Å². The van der Waals surface area contributed by atoms with Crippen molar-refractivity contribution in [3.05, 3.63) is 0 Å². The predicted molar refractivity (Wildman–Crippen MR) is 66.4 cm³/mol. The summed E-state index contributed by atoms with van der Waals surface area (Å²) in [5.74, 6) is -0.0257. The Morgan fingerprint density at radius 2 is 2.38 bits per heavy atom. The van der Waals surface area contributed by atoms with Gasteiger partial charge in [0.25, 0.3) is 0 Å². The largest absolute Gasteiger partial charge is 0.354 e. The molecule has 0 aliphatic carbocycles. The third-order valence-electron chi connectivity index (χ3n) is 2.80. The van der Waals surface area contributed by atoms with Gasteiger partial charge in [-0.1, -0.05) is 22.9 Å². The number of rotatable bonds is 4. The molecule has 1 aliphatic rings. The van der Waals surface area contributed by atoms with Crippen molar-refractivity contribution in [3.8, 4) is 0 Å². The first-order valence-corrected chi connectivity index (χ1v) is 6.71. The van der Waals surface area contributed by atoms with Gasteiger partial charge in [-0.05, 0) is 26.2 Å². The van der Waals surface area contributed by atoms with Crippen LogP contribution in [0.25, 0.3) is 0 Å². The molecule has 2 unspecified atom stereocenters. The summed E-state index contributed by atoms with van der Waals surface area (Å²) in [6.07, 6.45) is 2.72. The highest BCUT2D eigenvalue weighted by Gasteiger charge is 2.32. The molecule has 1 fully saturated rings. The van der Waals surface area contributed by atoms with E-state index in [-0.39, 0.29) is 22.7 Å². The normalized spacial score (nSPS) is 23.1. The molecule has 92 valence electrons. The zero-order valence-corrected chi connectivity index (χ0v) is 11.4. The number of piperidine rings is 1. The van der Waals surface area contributed by atoms with E-state index in [1.807, 2.05) is 6.92 Å². The molecule has 4 nitrogen and oxygen atoms in total. The molecule has 16 heavy (non-hydrogen) atoms. The van der Waals surface area contributed by atoms with Crippen molar-refractivity contribution in [2.75, 3.05) is 13.1 Å². The quantitative estimate of drug-likeness (QED) is 0.793. The van der Waals surface area contributed by atoms with Crippen LogP contribution < -0.4 is 5.32 Å². The van der Waals surface area contributed by atoms with Crippen LogP contribution in [0.2, 0.25) is 0 Å². The second-order valence-corrected chi connectivity index (χ2v) is 5.21. The lowest BCUT2D eigenvalue weighted by molar-refractivity contribution is -0.141. The number of halogens is 1. The topological polar surface area (TPSA) is 49.4 Å². The maximum Gasteiger partial charge on any atom is 0.242 e. The first kappa shape index (κ1) is 13.5. The molecule has 0 aromatic heterocycles. The van der Waals surface area contributed by atoms with Gasteiger partial charge in [-0.15, -0.1) is 0 Å². The highest BCUT2D eigenvalue weighted by atomic mass is 79.9. The van der Waals surface area contributed by atoms with E-state index in [4.69, 9.17) is 0 Å². The Hall–Kier alpha value is -0.580. The van der Waals surface area contributed by atoms with Crippen molar-refractivity contribution >= 4 is 27.7 Å². The van der Waals surface area contributed by atoms with E-state index in [0.717, 1.165) is 19.3 Å². The van der Waals surface area contributed by atoms with Gasteiger partial charge in [0.05, 0.1) is 4.83 Å². The second kappa shape index (κ2) is 6.23. The molecular weight excluding hydrogens is 272 g/mol. The molecular formula is C11H19BrN2O2. The third kappa shape index (κ3) is 3.20. The van der Waals surface area contributed by atoms with Crippen molar-refractivity contribution in [2.24, 2.45) is 0 Å². The molecule has 2 amide bonds. The van der Waals surface area contributed by atoms with Crippen LogP contribution >= 0.6 is 15.9 Å². The van der Waals surface area contributed by atoms with Crippen molar-refractivity contribution in [2.45, 2.75) is 44.0 Å². The molecule has 0 radical (unpaired) electrons. The number of hydrogen-bond acceptors (Lipinski definition) is 2. The number of likely N-dealkylation sites (tertiary alicyclic amines) is 1. The molecule has 0 aromatic rings. The molecule has 1 rings (SSSR count). The fourth-order valence-corrected chi connectivity index (χ4v) is 2.36. The molecule has 0 spiro atoms. The van der Waals surface area contributed by atoms with Crippen LogP contribution in [0, 0.1) is 0 Å². The van der Waals surface area contributed by atoms with Crippen molar-refractivity contribution in [1.82, 2.24) is 10.2 Å². The number of nitrogens with zero attached hydrogens (tertiary/aromatic N) is 1. The number of alkyl halides is 1. The average Bonchev–Trinajstić information content (AvgIpc) is 2.28. The zero-order chi connectivity index (χ0) is 12.1. The second-order valence-electron chi connectivity index (χ2n) is 4.11. The summed E-state index contributed by atoms with van der Waals surface area (Å²) in [5.41, 5.74) is 0. The first-order valence-electron chi connectivity index (χ1n) is 5.80. The standard InChI is InChI=1S/C11H19BrN2O2/c1-3-6-13-10(15)8(2)14-7-4-5-9(12)11(14)16/h8-9H,3-7H2,1-2H3,(H,13,15). The predicted octanol–water partition coefficient (Wildman–Crippen LogP) is 1.29. The fourth-order valence-electron chi connectivity index (χ4n) is 1.78. The summed E-state index contributed by atoms with van der Waals surface area (Å²) in [5, 5.41) is 2.82. The van der Waals surface area contributed by atoms with Gasteiger partial charge in [0, 0.05) is 13.1 Å². The fraction of sp³-hybridized carbons (Fsp3) is 0.818. The zero-order valence-electron chi connectivity index (χ0n) is 9.83. The number of nitrogens with one attached hydrogen (secondary N) is 1. The van der Waals surface area contributed by atoms with Gasteiger partial charge in [0.15, 0.2) is 0 Å². The highest BCUT2D eigenvalue weighted by molar-refractivity contribution is 9.10. The van der Waals surface area contributed by atoms with Gasteiger partial charge in [-0.3, -0.25) is 9.59 Å². The Kier molecular flexibility index (Phi) is 5.25. The Morgan fingerprint density at radius 3 is 3.00 bits per heavy atom. The van der Waals surface area contributed by atoms with E-state index < -0.39 is 0 Å². The summed E-state index contributed by atoms with van der Waals surface area (Å²) < 4.78 is 0. The summed E-state index contributed by atoms with van der Waals surface area (Å²) in [6, 6.07) is -0.362. The van der Waals surface area contributed by atoms with Crippen LogP contribution in [0.1, 0.15) is 33.1 Å². The van der Waals surface area contributed by atoms with Gasteiger partial charge in [0.1, 0.15) is 6.04 Å². The lowest BCUT2D eigenvalue weighted by Crippen LogP contribution is -2.52. The van der Waals surface area contributed by atoms with Gasteiger partial charge < -0.3 is 10.2 Å². The Morgan fingerprint density at radius 1 is 1.69 bits per heavy atom. The van der Waals surface area contributed by atoms with Gasteiger partial charge >= 0.3 is 0 Å². The molecule has 1 heterocycles. The maximum atomic E-state index is 11.8. The smallest absolute Gasteiger partial charge is 0.242 e. The highest BCUT2D eigenvalue weighted by Crippen LogP contribution is 2.20. The summed E-state index contributed by atoms with van der Waals surface area (Å²) in [4.78, 5) is 25.1. The lowest BCUT2D eigenvalue weighted by atomic mass is 10.1. The number of carbonyl (C=O) groups is 2. The maximum absolute atomic E-state index is 11.8. The van der Waals surface area contributed by atoms with Crippen LogP contribution in [-0.4, -0.2) is 40.7 Å². The summed E-state index contributed by atoms with van der Waals surface area (Å²) in [7, 11) is 0. The minimum atomic E-state index is -0.362. The molecule has 2 atom stereocenters. The monoisotopic (exact) mass is 290 g/mol. The van der Waals surface area contributed by atoms with E-state index in [1.165, 1.54) is 0 Å². The molecule has 1 saturated heterocycles. The molecule has 0 saturated carbocycles. The molecule has 0 aromatic carbocycles. The minimum Gasteiger partial charge on any atom is -0.354 e. The molecule has 5 heteroatoms. The number of amides is 2. The van der Waals surface area contributed by atoms with Gasteiger partial charge in [0.2, 0.25) is 11.8 Å². The third-order valence-corrected chi connectivity index (χ3v) is 3.65. The van der Waals surface area contributed by atoms with Crippen molar-refractivity contribution in [3.63, 3.8) is 0 Å². The van der Waals surface area contributed by atoms with E-state index in [9.17, 15) is 9.59 Å². The average molecular weight is 291 g/mol. The Bertz CT molecular complexity index is 271. The van der Waals surface area contributed by atoms with Crippen LogP contribution in [0.15, 0.2) is 0 Å². The van der Waals surface area contributed by atoms with E-state index >= 15 is 0 Å². The van der Waals surface area contributed by atoms with Crippen molar-refractivity contribution in [1.29, 1.82) is 0 Å². The summed E-state index contributed by atoms with van der Waals surface area (Å²) >= 11 is 3.34. The van der Waals surface area contributed by atoms with E-state index in [2.05, 4.69) is 21.2 Å². The van der Waals surface area contributed by atoms with Gasteiger partial charge in [-0.25, -0.2) is 0 Å². The Labute approximate surface area is 105 Å². The van der Waals surface area contributed by atoms with Crippen LogP contribution in [0.3, 0.4) is 0 Å². The lowest BCUT2D eigenvalue weighted by Gasteiger charge is -2.33. The van der Waals surface area contributed by atoms with Crippen LogP contribution in [0.4, 0.5) is 0 Å². The first-order chi connectivity index (χ1) is 7.57. The molecule has 1 aliphatic heterocycles. The van der Waals surface area contributed by atoms with Crippen LogP contribution in [-0.2, 0) is 9.59 Å². The van der Waals surface area contributed by atoms with E-state index in [1.54, 1.807) is 11.8 Å². The molecule has 0 bridgehead atoms. The van der Waals surface area contributed by atoms with Crippen LogP contribution in [0.5, 0.6) is 0 Å².